The molecule has 2 aliphatic heterocycles. The lowest BCUT2D eigenvalue weighted by atomic mass is 9.99. The highest BCUT2D eigenvalue weighted by atomic mass is 16.2. The number of fused-ring (bicyclic) bond motifs is 1. The van der Waals surface area contributed by atoms with E-state index in [4.69, 9.17) is 15.8 Å². The lowest BCUT2D eigenvalue weighted by molar-refractivity contribution is 0.0600. The Bertz CT molecular complexity index is 1080. The monoisotopic (exact) mass is 405 g/mol. The molecule has 156 valence electrons. The lowest BCUT2D eigenvalue weighted by Gasteiger charge is -2.34. The Labute approximate surface area is 175 Å². The minimum atomic E-state index is -0.0566. The van der Waals surface area contributed by atoms with Crippen LogP contribution in [0.2, 0.25) is 0 Å². The molecule has 0 bridgehead atoms. The molecule has 5 heterocycles. The average molecular weight is 406 g/mol. The minimum absolute atomic E-state index is 0.0276. The maximum Gasteiger partial charge on any atom is 0.273 e. The second kappa shape index (κ2) is 7.68. The average Bonchev–Trinajstić information content (AvgIpc) is 3.38. The van der Waals surface area contributed by atoms with E-state index in [2.05, 4.69) is 9.88 Å². The summed E-state index contributed by atoms with van der Waals surface area (Å²) in [4.78, 5) is 26.6. The molecule has 0 unspecified atom stereocenters. The number of likely N-dealkylation sites (tertiary alicyclic amines) is 1. The molecule has 30 heavy (non-hydrogen) atoms. The van der Waals surface area contributed by atoms with Gasteiger partial charge < -0.3 is 15.5 Å². The molecule has 0 aliphatic carbocycles. The van der Waals surface area contributed by atoms with E-state index in [1.54, 1.807) is 6.07 Å². The Kier molecular flexibility index (Phi) is 4.86. The maximum atomic E-state index is 13.2. The molecule has 0 radical (unpaired) electrons. The standard InChI is InChI=1S/C22H27N7O/c1-15-5-4-6-17(24-15)22(30)28-11-3-2-7-19(28)18-14-29-20(25-18)8-9-21(26-29)27-12-10-16(23)13-27/h4-6,8-9,14,16,19H,2-3,7,10-13,23H2,1H3/t16-,19-/m0/s1. The predicted octanol–water partition coefficient (Wildman–Crippen LogP) is 2.34. The second-order valence-corrected chi connectivity index (χ2v) is 8.33. The normalized spacial score (nSPS) is 22.1. The van der Waals surface area contributed by atoms with Crippen LogP contribution in [0.5, 0.6) is 0 Å². The van der Waals surface area contributed by atoms with Crippen molar-refractivity contribution in [3.05, 3.63) is 53.6 Å². The second-order valence-electron chi connectivity index (χ2n) is 8.33. The Morgan fingerprint density at radius 3 is 2.80 bits per heavy atom. The van der Waals surface area contributed by atoms with E-state index in [-0.39, 0.29) is 18.0 Å². The lowest BCUT2D eigenvalue weighted by Crippen LogP contribution is -2.39. The summed E-state index contributed by atoms with van der Waals surface area (Å²) in [6.07, 6.45) is 5.93. The van der Waals surface area contributed by atoms with Gasteiger partial charge in [-0.3, -0.25) is 4.79 Å². The molecule has 2 atom stereocenters. The molecule has 1 amide bonds. The van der Waals surface area contributed by atoms with Gasteiger partial charge in [0, 0.05) is 31.4 Å². The number of carbonyl (C=O) groups is 1. The first-order valence-electron chi connectivity index (χ1n) is 10.7. The van der Waals surface area contributed by atoms with Crippen LogP contribution in [-0.4, -0.2) is 56.1 Å². The van der Waals surface area contributed by atoms with Crippen molar-refractivity contribution in [1.82, 2.24) is 24.5 Å². The summed E-state index contributed by atoms with van der Waals surface area (Å²) in [5.41, 5.74) is 9.07. The molecule has 2 fully saturated rings. The van der Waals surface area contributed by atoms with Crippen molar-refractivity contribution in [1.29, 1.82) is 0 Å². The van der Waals surface area contributed by atoms with Gasteiger partial charge in [0.05, 0.1) is 17.9 Å². The number of piperidine rings is 1. The molecule has 8 nitrogen and oxygen atoms in total. The number of hydrogen-bond donors (Lipinski definition) is 1. The summed E-state index contributed by atoms with van der Waals surface area (Å²) in [6, 6.07) is 9.73. The summed E-state index contributed by atoms with van der Waals surface area (Å²) in [6.45, 7) is 4.38. The summed E-state index contributed by atoms with van der Waals surface area (Å²) in [5.74, 6) is 0.889. The maximum absolute atomic E-state index is 13.2. The number of carbonyl (C=O) groups excluding carboxylic acids is 1. The largest absolute Gasteiger partial charge is 0.354 e. The highest BCUT2D eigenvalue weighted by Crippen LogP contribution is 2.32. The minimum Gasteiger partial charge on any atom is -0.354 e. The fourth-order valence-corrected chi connectivity index (χ4v) is 4.51. The van der Waals surface area contributed by atoms with E-state index < -0.39 is 0 Å². The van der Waals surface area contributed by atoms with E-state index >= 15 is 0 Å². The first-order chi connectivity index (χ1) is 14.6. The smallest absolute Gasteiger partial charge is 0.273 e. The third-order valence-corrected chi connectivity index (χ3v) is 6.09. The van der Waals surface area contributed by atoms with E-state index in [0.717, 1.165) is 68.2 Å². The summed E-state index contributed by atoms with van der Waals surface area (Å²) in [5, 5.41) is 4.76. The molecule has 3 aromatic rings. The zero-order chi connectivity index (χ0) is 20.7. The molecule has 0 aromatic carbocycles. The van der Waals surface area contributed by atoms with Crippen LogP contribution in [0.3, 0.4) is 0 Å². The van der Waals surface area contributed by atoms with Crippen molar-refractivity contribution in [2.75, 3.05) is 24.5 Å². The van der Waals surface area contributed by atoms with Crippen LogP contribution in [0, 0.1) is 6.92 Å². The van der Waals surface area contributed by atoms with E-state index in [0.29, 0.717) is 5.69 Å². The first kappa shape index (κ1) is 19.0. The van der Waals surface area contributed by atoms with Crippen LogP contribution in [0.15, 0.2) is 36.5 Å². The van der Waals surface area contributed by atoms with Crippen molar-refractivity contribution >= 4 is 17.4 Å². The van der Waals surface area contributed by atoms with E-state index in [1.807, 2.05) is 46.8 Å². The number of pyridine rings is 1. The van der Waals surface area contributed by atoms with Crippen LogP contribution in [0.4, 0.5) is 5.82 Å². The van der Waals surface area contributed by atoms with Gasteiger partial charge in [0.15, 0.2) is 5.65 Å². The zero-order valence-corrected chi connectivity index (χ0v) is 17.2. The summed E-state index contributed by atoms with van der Waals surface area (Å²) in [7, 11) is 0. The molecule has 2 saturated heterocycles. The van der Waals surface area contributed by atoms with Gasteiger partial charge in [0.2, 0.25) is 0 Å². The van der Waals surface area contributed by atoms with Crippen molar-refractivity contribution in [3.63, 3.8) is 0 Å². The Hall–Kier alpha value is -3.00. The van der Waals surface area contributed by atoms with Crippen LogP contribution >= 0.6 is 0 Å². The number of hydrogen-bond acceptors (Lipinski definition) is 6. The number of rotatable bonds is 3. The molecule has 3 aromatic heterocycles. The van der Waals surface area contributed by atoms with Crippen LogP contribution in [-0.2, 0) is 0 Å². The fraction of sp³-hybridized carbons (Fsp3) is 0.455. The predicted molar refractivity (Wildman–Crippen MR) is 114 cm³/mol. The highest BCUT2D eigenvalue weighted by Gasteiger charge is 2.31. The van der Waals surface area contributed by atoms with Crippen LogP contribution < -0.4 is 10.6 Å². The number of amides is 1. The number of nitrogens with two attached hydrogens (primary N) is 1. The quantitative estimate of drug-likeness (QED) is 0.719. The van der Waals surface area contributed by atoms with Crippen molar-refractivity contribution in [2.24, 2.45) is 5.73 Å². The molecule has 2 aliphatic rings. The van der Waals surface area contributed by atoms with Gasteiger partial charge >= 0.3 is 0 Å². The first-order valence-corrected chi connectivity index (χ1v) is 10.7. The van der Waals surface area contributed by atoms with Gasteiger partial charge in [-0.05, 0) is 56.9 Å². The van der Waals surface area contributed by atoms with Gasteiger partial charge in [0.25, 0.3) is 5.91 Å². The molecule has 5 rings (SSSR count). The van der Waals surface area contributed by atoms with Gasteiger partial charge in [-0.15, -0.1) is 5.10 Å². The van der Waals surface area contributed by atoms with Crippen molar-refractivity contribution in [3.8, 4) is 0 Å². The Morgan fingerprint density at radius 2 is 2.00 bits per heavy atom. The third kappa shape index (κ3) is 3.52. The molecular formula is C22H27N7O. The SMILES string of the molecule is Cc1cccc(C(=O)N2CCCC[C@H]2c2cn3nc(N4CC[C@H](N)C4)ccc3n2)n1. The van der Waals surface area contributed by atoms with Crippen molar-refractivity contribution < 1.29 is 4.79 Å². The Balaban J connectivity index is 1.44. The van der Waals surface area contributed by atoms with E-state index in [9.17, 15) is 4.79 Å². The van der Waals surface area contributed by atoms with Crippen LogP contribution in [0.25, 0.3) is 5.65 Å². The number of anilines is 1. The third-order valence-electron chi connectivity index (χ3n) is 6.09. The van der Waals surface area contributed by atoms with Crippen molar-refractivity contribution in [2.45, 2.75) is 44.7 Å². The summed E-state index contributed by atoms with van der Waals surface area (Å²) >= 11 is 0. The van der Waals surface area contributed by atoms with Gasteiger partial charge in [0.1, 0.15) is 11.5 Å². The van der Waals surface area contributed by atoms with Gasteiger partial charge in [-0.25, -0.2) is 14.5 Å². The Morgan fingerprint density at radius 1 is 1.10 bits per heavy atom. The number of nitrogens with zero attached hydrogens (tertiary/aromatic N) is 6. The molecule has 0 spiro atoms. The number of aromatic nitrogens is 4. The topological polar surface area (TPSA) is 92.7 Å². The molecule has 8 heteroatoms. The zero-order valence-electron chi connectivity index (χ0n) is 17.2. The van der Waals surface area contributed by atoms with E-state index in [1.165, 1.54) is 0 Å². The highest BCUT2D eigenvalue weighted by molar-refractivity contribution is 5.92. The number of imidazole rings is 1. The van der Waals surface area contributed by atoms with Gasteiger partial charge in [-0.2, -0.15) is 0 Å². The summed E-state index contributed by atoms with van der Waals surface area (Å²) < 4.78 is 1.83. The molecule has 0 saturated carbocycles. The molecule has 2 N–H and O–H groups in total. The van der Waals surface area contributed by atoms with Gasteiger partial charge in [-0.1, -0.05) is 6.07 Å². The number of aryl methyl sites for hydroxylation is 1. The fourth-order valence-electron chi connectivity index (χ4n) is 4.51. The van der Waals surface area contributed by atoms with Crippen LogP contribution in [0.1, 0.15) is 53.6 Å². The molecular weight excluding hydrogens is 378 g/mol.